The summed E-state index contributed by atoms with van der Waals surface area (Å²) in [4.78, 5) is 18.9. The Bertz CT molecular complexity index is 788. The predicted molar refractivity (Wildman–Crippen MR) is 79.6 cm³/mol. The van der Waals surface area contributed by atoms with Gasteiger partial charge in [-0.25, -0.2) is 0 Å². The minimum absolute atomic E-state index is 0.460. The molecule has 3 rings (SSSR count). The number of nitrogens with one attached hydrogen (secondary N) is 1. The fraction of sp³-hybridized carbons (Fsp3) is 0. The van der Waals surface area contributed by atoms with E-state index in [1.807, 2.05) is 36.4 Å². The van der Waals surface area contributed by atoms with Crippen molar-refractivity contribution in [3.63, 3.8) is 0 Å². The third-order valence-electron chi connectivity index (χ3n) is 3.14. The Balaban J connectivity index is 2.17. The minimum Gasteiger partial charge on any atom is -0.366 e. The van der Waals surface area contributed by atoms with Gasteiger partial charge in [0, 0.05) is 40.6 Å². The molecule has 1 amide bonds. The van der Waals surface area contributed by atoms with Gasteiger partial charge in [0.05, 0.1) is 0 Å². The zero-order valence-corrected chi connectivity index (χ0v) is 10.7. The standard InChI is InChI=1S/C16H13N3O/c17-16(20)13(8-11-4-3-7-18-9-11)14-10-19-15-6-2-1-5-12(14)15/h1-10,19H,(H2,17,20)/b13-8-. The zero-order chi connectivity index (χ0) is 13.9. The van der Waals surface area contributed by atoms with Crippen molar-refractivity contribution < 1.29 is 4.79 Å². The van der Waals surface area contributed by atoms with Gasteiger partial charge in [-0.1, -0.05) is 24.3 Å². The first-order chi connectivity index (χ1) is 9.75. The highest BCUT2D eigenvalue weighted by atomic mass is 16.1. The van der Waals surface area contributed by atoms with Crippen molar-refractivity contribution in [3.05, 3.63) is 66.1 Å². The number of rotatable bonds is 3. The van der Waals surface area contributed by atoms with Gasteiger partial charge in [0.25, 0.3) is 0 Å². The molecule has 0 saturated heterocycles. The van der Waals surface area contributed by atoms with Crippen LogP contribution in [-0.2, 0) is 4.79 Å². The lowest BCUT2D eigenvalue weighted by Gasteiger charge is -2.02. The fourth-order valence-corrected chi connectivity index (χ4v) is 2.20. The summed E-state index contributed by atoms with van der Waals surface area (Å²) in [5.74, 6) is -0.460. The summed E-state index contributed by atoms with van der Waals surface area (Å²) in [5.41, 5.74) is 8.61. The van der Waals surface area contributed by atoms with Crippen LogP contribution in [0.2, 0.25) is 0 Å². The molecular formula is C16H13N3O. The Labute approximate surface area is 116 Å². The molecule has 20 heavy (non-hydrogen) atoms. The van der Waals surface area contributed by atoms with Crippen molar-refractivity contribution >= 4 is 28.5 Å². The molecule has 4 nitrogen and oxygen atoms in total. The van der Waals surface area contributed by atoms with E-state index in [2.05, 4.69) is 9.97 Å². The maximum absolute atomic E-state index is 11.8. The van der Waals surface area contributed by atoms with Crippen molar-refractivity contribution in [1.82, 2.24) is 9.97 Å². The normalized spacial score (nSPS) is 11.7. The van der Waals surface area contributed by atoms with Crippen molar-refractivity contribution in [2.45, 2.75) is 0 Å². The van der Waals surface area contributed by atoms with Gasteiger partial charge in [0.2, 0.25) is 5.91 Å². The van der Waals surface area contributed by atoms with Gasteiger partial charge in [0.1, 0.15) is 0 Å². The van der Waals surface area contributed by atoms with Crippen molar-refractivity contribution in [1.29, 1.82) is 0 Å². The number of para-hydroxylation sites is 1. The Kier molecular flexibility index (Phi) is 3.05. The number of aromatic nitrogens is 2. The number of hydrogen-bond donors (Lipinski definition) is 2. The van der Waals surface area contributed by atoms with Gasteiger partial charge in [0.15, 0.2) is 0 Å². The molecular weight excluding hydrogens is 250 g/mol. The van der Waals surface area contributed by atoms with Crippen LogP contribution in [0.3, 0.4) is 0 Å². The summed E-state index contributed by atoms with van der Waals surface area (Å²) in [7, 11) is 0. The van der Waals surface area contributed by atoms with E-state index in [0.717, 1.165) is 22.0 Å². The van der Waals surface area contributed by atoms with Crippen molar-refractivity contribution in [2.24, 2.45) is 5.73 Å². The van der Waals surface area contributed by atoms with Crippen LogP contribution < -0.4 is 5.73 Å². The molecule has 0 fully saturated rings. The second-order valence-electron chi connectivity index (χ2n) is 4.46. The number of nitrogens with zero attached hydrogens (tertiary/aromatic N) is 1. The van der Waals surface area contributed by atoms with Crippen LogP contribution in [0.1, 0.15) is 11.1 Å². The van der Waals surface area contributed by atoms with E-state index in [-0.39, 0.29) is 0 Å². The number of fused-ring (bicyclic) bond motifs is 1. The molecule has 2 aromatic heterocycles. The first-order valence-electron chi connectivity index (χ1n) is 6.24. The number of pyridine rings is 1. The summed E-state index contributed by atoms with van der Waals surface area (Å²) >= 11 is 0. The Morgan fingerprint density at radius 1 is 1.20 bits per heavy atom. The maximum atomic E-state index is 11.8. The van der Waals surface area contributed by atoms with Gasteiger partial charge < -0.3 is 10.7 Å². The third-order valence-corrected chi connectivity index (χ3v) is 3.14. The number of primary amides is 1. The van der Waals surface area contributed by atoms with Gasteiger partial charge in [-0.05, 0) is 23.8 Å². The minimum atomic E-state index is -0.460. The van der Waals surface area contributed by atoms with Gasteiger partial charge >= 0.3 is 0 Å². The Hall–Kier alpha value is -2.88. The molecule has 0 unspecified atom stereocenters. The maximum Gasteiger partial charge on any atom is 0.249 e. The summed E-state index contributed by atoms with van der Waals surface area (Å²) in [6.07, 6.45) is 6.94. The molecule has 1 aromatic carbocycles. The number of carbonyl (C=O) groups is 1. The predicted octanol–water partition coefficient (Wildman–Crippen LogP) is 2.59. The average molecular weight is 263 g/mol. The molecule has 2 heterocycles. The molecule has 3 aromatic rings. The summed E-state index contributed by atoms with van der Waals surface area (Å²) < 4.78 is 0. The highest BCUT2D eigenvalue weighted by Crippen LogP contribution is 2.26. The number of benzene rings is 1. The second-order valence-corrected chi connectivity index (χ2v) is 4.46. The molecule has 0 aliphatic heterocycles. The first kappa shape index (κ1) is 12.2. The quantitative estimate of drug-likeness (QED) is 0.713. The second kappa shape index (κ2) is 5.01. The zero-order valence-electron chi connectivity index (χ0n) is 10.7. The topological polar surface area (TPSA) is 71.8 Å². The number of amides is 1. The number of aromatic amines is 1. The summed E-state index contributed by atoms with van der Waals surface area (Å²) in [5, 5.41) is 0.974. The van der Waals surface area contributed by atoms with E-state index >= 15 is 0 Å². The van der Waals surface area contributed by atoms with E-state index in [1.165, 1.54) is 0 Å². The van der Waals surface area contributed by atoms with Crippen LogP contribution in [0.25, 0.3) is 22.6 Å². The average Bonchev–Trinajstić information content (AvgIpc) is 2.89. The van der Waals surface area contributed by atoms with Crippen LogP contribution in [0, 0.1) is 0 Å². The molecule has 0 radical (unpaired) electrons. The lowest BCUT2D eigenvalue weighted by Crippen LogP contribution is -2.12. The van der Waals surface area contributed by atoms with Crippen molar-refractivity contribution in [3.8, 4) is 0 Å². The van der Waals surface area contributed by atoms with E-state index in [4.69, 9.17) is 5.73 Å². The molecule has 3 N–H and O–H groups in total. The molecule has 0 aliphatic rings. The number of carbonyl (C=O) groups excluding carboxylic acids is 1. The van der Waals surface area contributed by atoms with E-state index in [1.54, 1.807) is 24.7 Å². The molecule has 0 saturated carbocycles. The van der Waals surface area contributed by atoms with E-state index in [9.17, 15) is 4.79 Å². The van der Waals surface area contributed by atoms with E-state index < -0.39 is 5.91 Å². The summed E-state index contributed by atoms with van der Waals surface area (Å²) in [6, 6.07) is 11.5. The highest BCUT2D eigenvalue weighted by Gasteiger charge is 2.13. The lowest BCUT2D eigenvalue weighted by molar-refractivity contribution is -0.112. The monoisotopic (exact) mass is 263 g/mol. The molecule has 0 atom stereocenters. The van der Waals surface area contributed by atoms with Gasteiger partial charge in [-0.3, -0.25) is 9.78 Å². The first-order valence-corrected chi connectivity index (χ1v) is 6.24. The third kappa shape index (κ3) is 2.19. The number of hydrogen-bond acceptors (Lipinski definition) is 2. The smallest absolute Gasteiger partial charge is 0.249 e. The van der Waals surface area contributed by atoms with Crippen LogP contribution in [0.15, 0.2) is 55.0 Å². The molecule has 4 heteroatoms. The van der Waals surface area contributed by atoms with Gasteiger partial charge in [-0.15, -0.1) is 0 Å². The summed E-state index contributed by atoms with van der Waals surface area (Å²) in [6.45, 7) is 0. The molecule has 0 bridgehead atoms. The number of nitrogens with two attached hydrogens (primary N) is 1. The Morgan fingerprint density at radius 3 is 2.80 bits per heavy atom. The van der Waals surface area contributed by atoms with Gasteiger partial charge in [-0.2, -0.15) is 0 Å². The molecule has 0 spiro atoms. The largest absolute Gasteiger partial charge is 0.366 e. The number of H-pyrrole nitrogens is 1. The van der Waals surface area contributed by atoms with Crippen LogP contribution in [-0.4, -0.2) is 15.9 Å². The van der Waals surface area contributed by atoms with Crippen LogP contribution in [0.5, 0.6) is 0 Å². The SMILES string of the molecule is NC(=O)/C(=C\c1cccnc1)c1c[nH]c2ccccc12. The highest BCUT2D eigenvalue weighted by molar-refractivity contribution is 6.26. The fourth-order valence-electron chi connectivity index (χ4n) is 2.20. The van der Waals surface area contributed by atoms with Crippen molar-refractivity contribution in [2.75, 3.05) is 0 Å². The Morgan fingerprint density at radius 2 is 2.05 bits per heavy atom. The molecule has 0 aliphatic carbocycles. The van der Waals surface area contributed by atoms with E-state index in [0.29, 0.717) is 5.57 Å². The lowest BCUT2D eigenvalue weighted by atomic mass is 10.0. The van der Waals surface area contributed by atoms with Crippen LogP contribution in [0.4, 0.5) is 0 Å². The van der Waals surface area contributed by atoms with Crippen LogP contribution >= 0.6 is 0 Å². The molecule has 98 valence electrons.